The van der Waals surface area contributed by atoms with E-state index in [9.17, 15) is 15.2 Å². The molecule has 1 aromatic carbocycles. The third-order valence-corrected chi connectivity index (χ3v) is 7.35. The molecule has 1 saturated carbocycles. The van der Waals surface area contributed by atoms with Gasteiger partial charge in [0.15, 0.2) is 17.3 Å². The Balaban J connectivity index is 1.84. The van der Waals surface area contributed by atoms with Crippen LogP contribution in [0.3, 0.4) is 0 Å². The third-order valence-electron chi connectivity index (χ3n) is 6.27. The minimum atomic E-state index is -0.622. The van der Waals surface area contributed by atoms with E-state index in [2.05, 4.69) is 5.16 Å². The predicted octanol–water partition coefficient (Wildman–Crippen LogP) is 2.67. The molecule has 1 atom stereocenters. The Morgan fingerprint density at radius 3 is 2.79 bits per heavy atom. The number of ether oxygens (including phenoxy) is 1. The number of nitrogens with zero attached hydrogens (tertiary/aromatic N) is 4. The van der Waals surface area contributed by atoms with Crippen LogP contribution in [-0.2, 0) is 4.84 Å². The first kappa shape index (κ1) is 21.5. The number of halogens is 1. The summed E-state index contributed by atoms with van der Waals surface area (Å²) < 4.78 is 23.2. The highest BCUT2D eigenvalue weighted by Crippen LogP contribution is 2.48. The number of aromatic hydroxyl groups is 1. The van der Waals surface area contributed by atoms with Gasteiger partial charge in [-0.15, -0.1) is 11.3 Å². The van der Waals surface area contributed by atoms with Crippen LogP contribution < -0.4 is 20.8 Å². The van der Waals surface area contributed by atoms with E-state index < -0.39 is 11.2 Å². The van der Waals surface area contributed by atoms with Gasteiger partial charge in [-0.1, -0.05) is 5.16 Å². The van der Waals surface area contributed by atoms with Crippen molar-refractivity contribution in [3.05, 3.63) is 27.0 Å². The lowest BCUT2D eigenvalue weighted by Gasteiger charge is -2.24. The number of hydrogen-bond acceptors (Lipinski definition) is 9. The second-order valence-electron chi connectivity index (χ2n) is 8.22. The van der Waals surface area contributed by atoms with Gasteiger partial charge in [0.1, 0.15) is 34.0 Å². The standard InChI is InChI=1S/C22H22FN5O4S/c1-31-21-17-12(5-13(23)18(21)27-8-10(6-24)14(9-27)26-32-2)19(29)16-20(30)15(7-25)33-22(16)28(17)11-3-4-11/h5,10-11,30H,3-4,6,8-9,24H2,1-2H3. The molecule has 1 saturated heterocycles. The number of anilines is 1. The number of aromatic nitrogens is 1. The van der Waals surface area contributed by atoms with Crippen LogP contribution in [-0.4, -0.2) is 49.2 Å². The maximum atomic E-state index is 15.6. The van der Waals surface area contributed by atoms with E-state index in [1.165, 1.54) is 20.3 Å². The fourth-order valence-corrected chi connectivity index (χ4v) is 5.71. The number of nitriles is 1. The van der Waals surface area contributed by atoms with Crippen molar-refractivity contribution in [2.24, 2.45) is 16.8 Å². The Morgan fingerprint density at radius 2 is 2.18 bits per heavy atom. The van der Waals surface area contributed by atoms with Crippen LogP contribution in [0.15, 0.2) is 16.0 Å². The lowest BCUT2D eigenvalue weighted by molar-refractivity contribution is 0.211. The monoisotopic (exact) mass is 471 g/mol. The third kappa shape index (κ3) is 3.13. The van der Waals surface area contributed by atoms with Gasteiger partial charge in [0.25, 0.3) is 0 Å². The summed E-state index contributed by atoms with van der Waals surface area (Å²) in [6.07, 6.45) is 1.74. The minimum Gasteiger partial charge on any atom is -0.505 e. The molecule has 11 heteroatoms. The summed E-state index contributed by atoms with van der Waals surface area (Å²) in [7, 11) is 2.89. The van der Waals surface area contributed by atoms with Crippen molar-refractivity contribution in [3.8, 4) is 17.6 Å². The molecular weight excluding hydrogens is 449 g/mol. The average molecular weight is 472 g/mol. The molecule has 0 radical (unpaired) electrons. The zero-order valence-electron chi connectivity index (χ0n) is 18.1. The molecular formula is C22H22FN5O4S. The average Bonchev–Trinajstić information content (AvgIpc) is 3.48. The first-order chi connectivity index (χ1) is 15.9. The molecule has 3 heterocycles. The maximum Gasteiger partial charge on any atom is 0.202 e. The molecule has 9 nitrogen and oxygen atoms in total. The van der Waals surface area contributed by atoms with Crippen LogP contribution in [0.5, 0.6) is 11.5 Å². The first-order valence-corrected chi connectivity index (χ1v) is 11.3. The summed E-state index contributed by atoms with van der Waals surface area (Å²) in [4.78, 5) is 20.6. The molecule has 2 aromatic heterocycles. The van der Waals surface area contributed by atoms with Gasteiger partial charge in [0.05, 0.1) is 30.3 Å². The van der Waals surface area contributed by atoms with Crippen molar-refractivity contribution in [1.29, 1.82) is 5.26 Å². The maximum absolute atomic E-state index is 15.6. The number of rotatable bonds is 5. The quantitative estimate of drug-likeness (QED) is 0.548. The highest BCUT2D eigenvalue weighted by Gasteiger charge is 2.36. The molecule has 0 spiro atoms. The summed E-state index contributed by atoms with van der Waals surface area (Å²) in [5.41, 5.74) is 6.75. The fraction of sp³-hybridized carbons (Fsp3) is 0.409. The second-order valence-corrected chi connectivity index (χ2v) is 9.22. The normalized spacial score (nSPS) is 19.5. The van der Waals surface area contributed by atoms with Gasteiger partial charge in [0.2, 0.25) is 5.43 Å². The predicted molar refractivity (Wildman–Crippen MR) is 124 cm³/mol. The van der Waals surface area contributed by atoms with Gasteiger partial charge in [-0.25, -0.2) is 4.39 Å². The highest BCUT2D eigenvalue weighted by molar-refractivity contribution is 7.19. The Morgan fingerprint density at radius 1 is 1.42 bits per heavy atom. The van der Waals surface area contributed by atoms with Crippen molar-refractivity contribution in [2.45, 2.75) is 18.9 Å². The Hall–Kier alpha value is -3.36. The van der Waals surface area contributed by atoms with Crippen LogP contribution >= 0.6 is 11.3 Å². The lowest BCUT2D eigenvalue weighted by Crippen LogP contribution is -2.25. The first-order valence-electron chi connectivity index (χ1n) is 10.5. The summed E-state index contributed by atoms with van der Waals surface area (Å²) >= 11 is 1.06. The largest absolute Gasteiger partial charge is 0.505 e. The Labute approximate surface area is 192 Å². The van der Waals surface area contributed by atoms with Crippen LogP contribution in [0.4, 0.5) is 10.1 Å². The van der Waals surface area contributed by atoms with Gasteiger partial charge in [-0.05, 0) is 18.9 Å². The van der Waals surface area contributed by atoms with Gasteiger partial charge in [-0.2, -0.15) is 5.26 Å². The number of nitrogens with two attached hydrogens (primary N) is 1. The lowest BCUT2D eigenvalue weighted by atomic mass is 10.1. The molecule has 3 aromatic rings. The molecule has 1 aliphatic carbocycles. The molecule has 33 heavy (non-hydrogen) atoms. The highest BCUT2D eigenvalue weighted by atomic mass is 32.1. The number of methoxy groups -OCH3 is 1. The van der Waals surface area contributed by atoms with Gasteiger partial charge < -0.3 is 29.9 Å². The van der Waals surface area contributed by atoms with E-state index in [0.29, 0.717) is 35.7 Å². The topological polar surface area (TPSA) is 126 Å². The van der Waals surface area contributed by atoms with E-state index in [1.807, 2.05) is 10.6 Å². The number of pyridine rings is 1. The van der Waals surface area contributed by atoms with E-state index in [4.69, 9.17) is 15.3 Å². The number of thiophene rings is 1. The Bertz CT molecular complexity index is 1420. The van der Waals surface area contributed by atoms with Crippen LogP contribution in [0.1, 0.15) is 23.8 Å². The summed E-state index contributed by atoms with van der Waals surface area (Å²) in [6, 6.07) is 3.20. The molecule has 172 valence electrons. The van der Waals surface area contributed by atoms with E-state index in [0.717, 1.165) is 24.2 Å². The van der Waals surface area contributed by atoms with E-state index in [1.54, 1.807) is 4.90 Å². The SMILES string of the molecule is CON=C1CN(c2c(F)cc3c(=O)c4c(O)c(C#N)sc4n(C4CC4)c3c2OC)CC1CN. The van der Waals surface area contributed by atoms with Gasteiger partial charge >= 0.3 is 0 Å². The molecule has 3 N–H and O–H groups in total. The molecule has 1 unspecified atom stereocenters. The molecule has 0 amide bonds. The molecule has 0 bridgehead atoms. The van der Waals surface area contributed by atoms with E-state index >= 15 is 4.39 Å². The smallest absolute Gasteiger partial charge is 0.202 e. The molecule has 1 aliphatic heterocycles. The van der Waals surface area contributed by atoms with Crippen LogP contribution in [0.25, 0.3) is 21.1 Å². The number of benzene rings is 1. The van der Waals surface area contributed by atoms with Gasteiger partial charge in [-0.3, -0.25) is 4.79 Å². The van der Waals surface area contributed by atoms with Gasteiger partial charge in [0, 0.05) is 25.0 Å². The molecule has 2 fully saturated rings. The minimum absolute atomic E-state index is 0.0454. The van der Waals surface area contributed by atoms with Crippen molar-refractivity contribution < 1.29 is 19.1 Å². The zero-order chi connectivity index (χ0) is 23.4. The second kappa shape index (κ2) is 7.90. The Kier molecular flexibility index (Phi) is 5.14. The van der Waals surface area contributed by atoms with E-state index in [-0.39, 0.29) is 44.8 Å². The van der Waals surface area contributed by atoms with Crippen molar-refractivity contribution in [3.63, 3.8) is 0 Å². The summed E-state index contributed by atoms with van der Waals surface area (Å²) in [5.74, 6) is -0.849. The zero-order valence-corrected chi connectivity index (χ0v) is 18.9. The number of hydrogen-bond donors (Lipinski definition) is 2. The summed E-state index contributed by atoms with van der Waals surface area (Å²) in [5, 5.41) is 24.1. The van der Waals surface area contributed by atoms with Crippen LogP contribution in [0, 0.1) is 23.1 Å². The number of oxime groups is 1. The van der Waals surface area contributed by atoms with Crippen LogP contribution in [0.2, 0.25) is 0 Å². The number of fused-ring (bicyclic) bond motifs is 2. The summed E-state index contributed by atoms with van der Waals surface area (Å²) in [6.45, 7) is 1.06. The fourth-order valence-electron chi connectivity index (χ4n) is 4.65. The van der Waals surface area contributed by atoms with Crippen molar-refractivity contribution >= 4 is 43.9 Å². The molecule has 5 rings (SSSR count). The van der Waals surface area contributed by atoms with Crippen molar-refractivity contribution in [1.82, 2.24) is 4.57 Å². The van der Waals surface area contributed by atoms with Crippen molar-refractivity contribution in [2.75, 3.05) is 38.8 Å². The molecule has 2 aliphatic rings.